The molecular formula is C20H20N2O6S. The highest BCUT2D eigenvalue weighted by molar-refractivity contribution is 7.89. The molecule has 0 aliphatic carbocycles. The smallest absolute Gasteiger partial charge is 0.324 e. The molecule has 0 fully saturated rings. The maximum Gasteiger partial charge on any atom is 0.324 e. The number of methoxy groups -OCH3 is 1. The molecule has 0 aliphatic rings. The Morgan fingerprint density at radius 2 is 1.83 bits per heavy atom. The molecule has 1 atom stereocenters. The first-order chi connectivity index (χ1) is 13.9. The number of ether oxygens (including phenoxy) is 2. The minimum Gasteiger partial charge on any atom is -0.497 e. The van der Waals surface area contributed by atoms with Gasteiger partial charge in [0.05, 0.1) is 18.2 Å². The molecule has 1 N–H and O–H groups in total. The van der Waals surface area contributed by atoms with E-state index in [4.69, 9.17) is 13.9 Å². The monoisotopic (exact) mass is 416 g/mol. The van der Waals surface area contributed by atoms with Crippen molar-refractivity contribution >= 4 is 16.0 Å². The third-order valence-corrected chi connectivity index (χ3v) is 5.56. The van der Waals surface area contributed by atoms with E-state index in [0.29, 0.717) is 11.5 Å². The average Bonchev–Trinajstić information content (AvgIpc) is 3.21. The van der Waals surface area contributed by atoms with E-state index in [0.717, 1.165) is 5.56 Å². The molecule has 9 heteroatoms. The van der Waals surface area contributed by atoms with Crippen LogP contribution < -0.4 is 9.46 Å². The lowest BCUT2D eigenvalue weighted by Crippen LogP contribution is -2.39. The first kappa shape index (κ1) is 20.6. The molecule has 0 saturated carbocycles. The quantitative estimate of drug-likeness (QED) is 0.563. The summed E-state index contributed by atoms with van der Waals surface area (Å²) < 4.78 is 42.7. The maximum absolute atomic E-state index is 12.4. The Labute approximate surface area is 168 Å². The Kier molecular flexibility index (Phi) is 6.30. The van der Waals surface area contributed by atoms with Crippen LogP contribution in [0.5, 0.6) is 5.75 Å². The normalized spacial score (nSPS) is 12.3. The van der Waals surface area contributed by atoms with Crippen molar-refractivity contribution in [1.29, 1.82) is 0 Å². The van der Waals surface area contributed by atoms with Gasteiger partial charge in [-0.1, -0.05) is 30.3 Å². The van der Waals surface area contributed by atoms with Crippen molar-refractivity contribution in [3.8, 4) is 17.1 Å². The number of aromatic nitrogens is 1. The molecule has 0 radical (unpaired) electrons. The Hall–Kier alpha value is -3.17. The van der Waals surface area contributed by atoms with Crippen molar-refractivity contribution in [2.45, 2.75) is 24.5 Å². The van der Waals surface area contributed by atoms with Gasteiger partial charge in [-0.25, -0.2) is 13.4 Å². The molecule has 1 unspecified atom stereocenters. The summed E-state index contributed by atoms with van der Waals surface area (Å²) in [5.74, 6) is 0.533. The lowest BCUT2D eigenvalue weighted by Gasteiger charge is -2.13. The van der Waals surface area contributed by atoms with Gasteiger partial charge in [-0.15, -0.1) is 0 Å². The summed E-state index contributed by atoms with van der Waals surface area (Å²) in [6.45, 7) is 1.19. The molecule has 29 heavy (non-hydrogen) atoms. The van der Waals surface area contributed by atoms with Crippen molar-refractivity contribution in [2.75, 3.05) is 7.11 Å². The first-order valence-electron chi connectivity index (χ1n) is 8.72. The van der Waals surface area contributed by atoms with Gasteiger partial charge < -0.3 is 13.9 Å². The summed E-state index contributed by atoms with van der Waals surface area (Å²) in [7, 11) is -2.41. The number of sulfonamides is 1. The van der Waals surface area contributed by atoms with Gasteiger partial charge in [-0.2, -0.15) is 4.72 Å². The van der Waals surface area contributed by atoms with Gasteiger partial charge in [0, 0.05) is 5.56 Å². The standard InChI is InChI=1S/C20H20N2O6S/c1-14(22-29(24,25)17-10-8-16(26-2)9-11-17)20(23)27-13-19-21-12-18(28-19)15-6-4-3-5-7-15/h3-12,14,22H,13H2,1-2H3. The van der Waals surface area contributed by atoms with Crippen LogP contribution in [0, 0.1) is 0 Å². The number of nitrogens with one attached hydrogen (secondary N) is 1. The fraction of sp³-hybridized carbons (Fsp3) is 0.200. The average molecular weight is 416 g/mol. The number of hydrogen-bond donors (Lipinski definition) is 1. The predicted octanol–water partition coefficient (Wildman–Crippen LogP) is 2.76. The Balaban J connectivity index is 1.57. The van der Waals surface area contributed by atoms with Crippen molar-refractivity contribution in [2.24, 2.45) is 0 Å². The molecule has 3 rings (SSSR count). The lowest BCUT2D eigenvalue weighted by molar-refractivity contribution is -0.147. The predicted molar refractivity (Wildman–Crippen MR) is 105 cm³/mol. The van der Waals surface area contributed by atoms with Gasteiger partial charge in [0.25, 0.3) is 0 Å². The van der Waals surface area contributed by atoms with Crippen LogP contribution in [-0.4, -0.2) is 32.5 Å². The lowest BCUT2D eigenvalue weighted by atomic mass is 10.2. The number of hydrogen-bond acceptors (Lipinski definition) is 7. The van der Waals surface area contributed by atoms with E-state index in [1.54, 1.807) is 0 Å². The Morgan fingerprint density at radius 1 is 1.14 bits per heavy atom. The summed E-state index contributed by atoms with van der Waals surface area (Å²) in [5.41, 5.74) is 0.846. The summed E-state index contributed by atoms with van der Waals surface area (Å²) in [4.78, 5) is 16.2. The molecule has 152 valence electrons. The maximum atomic E-state index is 12.4. The van der Waals surface area contributed by atoms with Crippen LogP contribution in [0.4, 0.5) is 0 Å². The second kappa shape index (κ2) is 8.89. The molecule has 0 spiro atoms. The van der Waals surface area contributed by atoms with E-state index in [1.165, 1.54) is 44.5 Å². The van der Waals surface area contributed by atoms with Gasteiger partial charge in [0.2, 0.25) is 15.9 Å². The Morgan fingerprint density at radius 3 is 2.48 bits per heavy atom. The first-order valence-corrected chi connectivity index (χ1v) is 10.2. The number of carbonyl (C=O) groups is 1. The molecule has 3 aromatic rings. The summed E-state index contributed by atoms with van der Waals surface area (Å²) in [5, 5.41) is 0. The zero-order chi connectivity index (χ0) is 20.9. The van der Waals surface area contributed by atoms with Gasteiger partial charge >= 0.3 is 5.97 Å². The highest BCUT2D eigenvalue weighted by atomic mass is 32.2. The van der Waals surface area contributed by atoms with Gasteiger partial charge in [0.15, 0.2) is 12.4 Å². The molecule has 0 saturated heterocycles. The third-order valence-electron chi connectivity index (χ3n) is 4.00. The zero-order valence-electron chi connectivity index (χ0n) is 15.9. The van der Waals surface area contributed by atoms with Crippen molar-refractivity contribution in [3.05, 3.63) is 66.7 Å². The molecule has 1 heterocycles. The van der Waals surface area contributed by atoms with E-state index in [9.17, 15) is 13.2 Å². The van der Waals surface area contributed by atoms with Gasteiger partial charge in [-0.3, -0.25) is 4.79 Å². The minimum atomic E-state index is -3.89. The molecular weight excluding hydrogens is 396 g/mol. The van der Waals surface area contributed by atoms with Crippen LogP contribution in [0.1, 0.15) is 12.8 Å². The topological polar surface area (TPSA) is 108 Å². The molecule has 2 aromatic carbocycles. The summed E-state index contributed by atoms with van der Waals surface area (Å²) in [6, 6.07) is 14.1. The molecule has 1 aromatic heterocycles. The number of esters is 1. The number of nitrogens with zero attached hydrogens (tertiary/aromatic N) is 1. The highest BCUT2D eigenvalue weighted by Crippen LogP contribution is 2.20. The van der Waals surface area contributed by atoms with E-state index in [2.05, 4.69) is 9.71 Å². The van der Waals surface area contributed by atoms with E-state index >= 15 is 0 Å². The summed E-state index contributed by atoms with van der Waals surface area (Å²) >= 11 is 0. The minimum absolute atomic E-state index is 0.0122. The molecule has 8 nitrogen and oxygen atoms in total. The van der Waals surface area contributed by atoms with Gasteiger partial charge in [0.1, 0.15) is 11.8 Å². The van der Waals surface area contributed by atoms with E-state index in [-0.39, 0.29) is 17.4 Å². The second-order valence-corrected chi connectivity index (χ2v) is 7.82. The Bertz CT molecular complexity index is 1060. The van der Waals surface area contributed by atoms with Crippen LogP contribution in [0.15, 0.2) is 70.1 Å². The molecule has 0 aliphatic heterocycles. The number of benzene rings is 2. The van der Waals surface area contributed by atoms with Crippen molar-refractivity contribution < 1.29 is 27.1 Å². The molecule has 0 bridgehead atoms. The van der Waals surface area contributed by atoms with Crippen LogP contribution >= 0.6 is 0 Å². The van der Waals surface area contributed by atoms with Crippen molar-refractivity contribution in [3.63, 3.8) is 0 Å². The van der Waals surface area contributed by atoms with Crippen molar-refractivity contribution in [1.82, 2.24) is 9.71 Å². The third kappa shape index (κ3) is 5.21. The van der Waals surface area contributed by atoms with E-state index < -0.39 is 22.0 Å². The SMILES string of the molecule is COc1ccc(S(=O)(=O)NC(C)C(=O)OCc2ncc(-c3ccccc3)o2)cc1. The van der Waals surface area contributed by atoms with Crippen LogP contribution in [0.25, 0.3) is 11.3 Å². The fourth-order valence-electron chi connectivity index (χ4n) is 2.47. The number of carbonyl (C=O) groups excluding carboxylic acids is 1. The highest BCUT2D eigenvalue weighted by Gasteiger charge is 2.23. The summed E-state index contributed by atoms with van der Waals surface area (Å²) in [6.07, 6.45) is 1.54. The van der Waals surface area contributed by atoms with Gasteiger partial charge in [-0.05, 0) is 31.2 Å². The fourth-order valence-corrected chi connectivity index (χ4v) is 3.67. The van der Waals surface area contributed by atoms with Crippen LogP contribution in [-0.2, 0) is 26.2 Å². The second-order valence-electron chi connectivity index (χ2n) is 6.11. The van der Waals surface area contributed by atoms with Crippen LogP contribution in [0.2, 0.25) is 0 Å². The van der Waals surface area contributed by atoms with Crippen LogP contribution in [0.3, 0.4) is 0 Å². The molecule has 0 amide bonds. The zero-order valence-corrected chi connectivity index (χ0v) is 16.7. The number of oxazole rings is 1. The van der Waals surface area contributed by atoms with E-state index in [1.807, 2.05) is 30.3 Å². The largest absolute Gasteiger partial charge is 0.497 e. The number of rotatable bonds is 8.